The summed E-state index contributed by atoms with van der Waals surface area (Å²) in [7, 11) is 0. The van der Waals surface area contributed by atoms with Gasteiger partial charge in [0.05, 0.1) is 0 Å². The number of nitrogens with two attached hydrogens (primary N) is 1. The zero-order valence-corrected chi connectivity index (χ0v) is 18.8. The van der Waals surface area contributed by atoms with Gasteiger partial charge < -0.3 is 10.6 Å². The van der Waals surface area contributed by atoms with Crippen LogP contribution in [-0.2, 0) is 9.59 Å². The molecule has 0 aliphatic rings. The molecule has 0 aliphatic heterocycles. The highest BCUT2D eigenvalue weighted by Crippen LogP contribution is 2.36. The highest BCUT2D eigenvalue weighted by atomic mass is 32.2. The third-order valence-electron chi connectivity index (χ3n) is 4.08. The molecule has 0 fully saturated rings. The molecule has 0 unspecified atom stereocenters. The summed E-state index contributed by atoms with van der Waals surface area (Å²) in [5.41, 5.74) is 8.24. The summed E-state index contributed by atoms with van der Waals surface area (Å²) < 4.78 is 0. The van der Waals surface area contributed by atoms with Gasteiger partial charge in [0, 0.05) is 17.1 Å². The smallest absolute Gasteiger partial charge is 0.213 e. The van der Waals surface area contributed by atoms with Crippen LogP contribution in [0, 0.1) is 0 Å². The number of carbonyl (C=O) groups excluding carboxylic acids is 2. The summed E-state index contributed by atoms with van der Waals surface area (Å²) in [6, 6.07) is 16.6. The Morgan fingerprint density at radius 1 is 0.929 bits per heavy atom. The molecule has 2 N–H and O–H groups in total. The molecule has 0 saturated heterocycles. The number of para-hydroxylation sites is 1. The Hall–Kier alpha value is -1.57. The van der Waals surface area contributed by atoms with Crippen molar-refractivity contribution in [3.63, 3.8) is 0 Å². The zero-order chi connectivity index (χ0) is 20.5. The lowest BCUT2D eigenvalue weighted by Crippen LogP contribution is -2.47. The predicted molar refractivity (Wildman–Crippen MR) is 127 cm³/mol. The molecule has 7 heteroatoms. The molecule has 0 saturated carbocycles. The van der Waals surface area contributed by atoms with E-state index in [0.29, 0.717) is 11.4 Å². The molecular formula is C21H26N2O2S3. The lowest BCUT2D eigenvalue weighted by Gasteiger charge is -2.36. The SMILES string of the molecule is CCSC(=O)[C@@H]([C@H](SCC)C(=O)SC)N(c1ccccc1)c1ccc(N)cc1. The number of hydrogen-bond donors (Lipinski definition) is 1. The van der Waals surface area contributed by atoms with Crippen molar-refractivity contribution in [3.8, 4) is 0 Å². The summed E-state index contributed by atoms with van der Waals surface area (Å²) >= 11 is 3.96. The second kappa shape index (κ2) is 11.4. The molecule has 2 aromatic rings. The van der Waals surface area contributed by atoms with Crippen molar-refractivity contribution >= 4 is 62.6 Å². The molecule has 0 aliphatic carbocycles. The van der Waals surface area contributed by atoms with E-state index in [1.54, 1.807) is 6.26 Å². The Labute approximate surface area is 180 Å². The molecule has 28 heavy (non-hydrogen) atoms. The first-order chi connectivity index (χ1) is 13.5. The number of nitrogens with zero attached hydrogens (tertiary/aromatic N) is 1. The van der Waals surface area contributed by atoms with Gasteiger partial charge in [-0.2, -0.15) is 0 Å². The Morgan fingerprint density at radius 2 is 1.54 bits per heavy atom. The van der Waals surface area contributed by atoms with Crippen molar-refractivity contribution in [1.29, 1.82) is 0 Å². The first-order valence-electron chi connectivity index (χ1n) is 9.09. The van der Waals surface area contributed by atoms with E-state index in [9.17, 15) is 9.59 Å². The quantitative estimate of drug-likeness (QED) is 0.553. The number of nitrogen functional groups attached to an aromatic ring is 1. The van der Waals surface area contributed by atoms with Crippen LogP contribution >= 0.6 is 35.3 Å². The van der Waals surface area contributed by atoms with Crippen molar-refractivity contribution in [2.75, 3.05) is 28.4 Å². The van der Waals surface area contributed by atoms with Gasteiger partial charge in [0.2, 0.25) is 10.2 Å². The number of carbonyl (C=O) groups is 2. The molecule has 4 nitrogen and oxygen atoms in total. The molecule has 0 amide bonds. The molecule has 0 bridgehead atoms. The largest absolute Gasteiger partial charge is 0.399 e. The monoisotopic (exact) mass is 434 g/mol. The number of benzene rings is 2. The molecule has 2 rings (SSSR count). The van der Waals surface area contributed by atoms with Crippen LogP contribution in [-0.4, -0.2) is 39.3 Å². The van der Waals surface area contributed by atoms with Gasteiger partial charge in [-0.15, -0.1) is 11.8 Å². The molecule has 0 radical (unpaired) electrons. The molecule has 150 valence electrons. The highest BCUT2D eigenvalue weighted by molar-refractivity contribution is 8.16. The maximum atomic E-state index is 13.3. The van der Waals surface area contributed by atoms with Crippen LogP contribution in [0.2, 0.25) is 0 Å². The van der Waals surface area contributed by atoms with E-state index in [2.05, 4.69) is 0 Å². The fourth-order valence-corrected chi connectivity index (χ4v) is 5.43. The van der Waals surface area contributed by atoms with Crippen LogP contribution in [0.5, 0.6) is 0 Å². The second-order valence-electron chi connectivity index (χ2n) is 5.89. The number of thioether (sulfide) groups is 3. The third-order valence-corrected chi connectivity index (χ3v) is 6.86. The lowest BCUT2D eigenvalue weighted by molar-refractivity contribution is -0.116. The minimum atomic E-state index is -0.610. The van der Waals surface area contributed by atoms with Gasteiger partial charge in [0.15, 0.2) is 0 Å². The Balaban J connectivity index is 2.64. The van der Waals surface area contributed by atoms with Crippen molar-refractivity contribution < 1.29 is 9.59 Å². The predicted octanol–water partition coefficient (Wildman–Crippen LogP) is 5.07. The second-order valence-corrected chi connectivity index (χ2v) is 9.39. The summed E-state index contributed by atoms with van der Waals surface area (Å²) in [5.74, 6) is 1.42. The standard InChI is InChI=1S/C21H26N2O2S3/c1-4-27-19(21(25)26-3)18(20(24)28-5-2)23(16-9-7-6-8-10-16)17-13-11-15(22)12-14-17/h6-14,18-19H,4-5,22H2,1-3H3/t18-,19+/m1/s1. The summed E-state index contributed by atoms with van der Waals surface area (Å²) in [4.78, 5) is 28.0. The van der Waals surface area contributed by atoms with Gasteiger partial charge in [-0.3, -0.25) is 9.59 Å². The summed E-state index contributed by atoms with van der Waals surface area (Å²) in [6.45, 7) is 3.96. The van der Waals surface area contributed by atoms with Gasteiger partial charge in [-0.05, 0) is 54.2 Å². The van der Waals surface area contributed by atoms with Crippen LogP contribution in [0.15, 0.2) is 54.6 Å². The Bertz CT molecular complexity index is 769. The summed E-state index contributed by atoms with van der Waals surface area (Å²) in [6.07, 6.45) is 1.77. The zero-order valence-electron chi connectivity index (χ0n) is 16.3. The third kappa shape index (κ3) is 5.72. The van der Waals surface area contributed by atoms with Crippen molar-refractivity contribution in [2.45, 2.75) is 25.1 Å². The van der Waals surface area contributed by atoms with Gasteiger partial charge in [-0.1, -0.05) is 55.6 Å². The topological polar surface area (TPSA) is 63.4 Å². The Kier molecular flexibility index (Phi) is 9.28. The maximum Gasteiger partial charge on any atom is 0.213 e. The van der Waals surface area contributed by atoms with Crippen molar-refractivity contribution in [3.05, 3.63) is 54.6 Å². The van der Waals surface area contributed by atoms with E-state index >= 15 is 0 Å². The van der Waals surface area contributed by atoms with Crippen molar-refractivity contribution in [1.82, 2.24) is 0 Å². The van der Waals surface area contributed by atoms with Gasteiger partial charge in [0.25, 0.3) is 0 Å². The molecule has 2 aromatic carbocycles. The average Bonchev–Trinajstić information content (AvgIpc) is 2.71. The molecule has 2 atom stereocenters. The number of rotatable bonds is 9. The normalized spacial score (nSPS) is 13.0. The minimum absolute atomic E-state index is 0.00321. The lowest BCUT2D eigenvalue weighted by atomic mass is 10.1. The van der Waals surface area contributed by atoms with E-state index in [4.69, 9.17) is 5.73 Å². The highest BCUT2D eigenvalue weighted by Gasteiger charge is 2.39. The molecule has 0 heterocycles. The first kappa shape index (κ1) is 22.7. The summed E-state index contributed by atoms with van der Waals surface area (Å²) in [5, 5.41) is -0.459. The van der Waals surface area contributed by atoms with E-state index in [0.717, 1.165) is 17.1 Å². The first-order valence-corrected chi connectivity index (χ1v) is 12.3. The van der Waals surface area contributed by atoms with Crippen LogP contribution in [0.25, 0.3) is 0 Å². The maximum absolute atomic E-state index is 13.3. The van der Waals surface area contributed by atoms with Crippen LogP contribution in [0.1, 0.15) is 13.8 Å². The van der Waals surface area contributed by atoms with Gasteiger partial charge >= 0.3 is 0 Å². The van der Waals surface area contributed by atoms with E-state index < -0.39 is 11.3 Å². The van der Waals surface area contributed by atoms with Gasteiger partial charge in [0.1, 0.15) is 11.3 Å². The fraction of sp³-hybridized carbons (Fsp3) is 0.333. The van der Waals surface area contributed by atoms with E-state index in [1.807, 2.05) is 73.3 Å². The molecule has 0 spiro atoms. The molecular weight excluding hydrogens is 408 g/mol. The molecule has 0 aromatic heterocycles. The van der Waals surface area contributed by atoms with Crippen molar-refractivity contribution in [2.24, 2.45) is 0 Å². The van der Waals surface area contributed by atoms with Crippen LogP contribution in [0.3, 0.4) is 0 Å². The average molecular weight is 435 g/mol. The van der Waals surface area contributed by atoms with Crippen LogP contribution in [0.4, 0.5) is 17.1 Å². The van der Waals surface area contributed by atoms with Crippen LogP contribution < -0.4 is 10.6 Å². The number of anilines is 3. The fourth-order valence-electron chi connectivity index (χ4n) is 2.87. The Morgan fingerprint density at radius 3 is 2.07 bits per heavy atom. The van der Waals surface area contributed by atoms with Gasteiger partial charge in [-0.25, -0.2) is 0 Å². The number of hydrogen-bond acceptors (Lipinski definition) is 7. The van der Waals surface area contributed by atoms with E-state index in [1.165, 1.54) is 35.3 Å². The minimum Gasteiger partial charge on any atom is -0.399 e. The van der Waals surface area contributed by atoms with E-state index in [-0.39, 0.29) is 10.2 Å².